The summed E-state index contributed by atoms with van der Waals surface area (Å²) in [6.07, 6.45) is 5.73. The average molecular weight is 240 g/mol. The maximum absolute atomic E-state index is 4.44. The summed E-state index contributed by atoms with van der Waals surface area (Å²) in [5.74, 6) is 0.532. The van der Waals surface area contributed by atoms with Gasteiger partial charge in [-0.1, -0.05) is 27.2 Å². The molecule has 0 saturated carbocycles. The van der Waals surface area contributed by atoms with Gasteiger partial charge in [0.05, 0.1) is 5.01 Å². The number of rotatable bonds is 7. The molecule has 1 rings (SSSR count). The van der Waals surface area contributed by atoms with Crippen molar-refractivity contribution in [2.75, 3.05) is 6.54 Å². The van der Waals surface area contributed by atoms with Gasteiger partial charge in [0.2, 0.25) is 0 Å². The van der Waals surface area contributed by atoms with Gasteiger partial charge in [-0.3, -0.25) is 0 Å². The smallest absolute Gasteiger partial charge is 0.0968 e. The largest absolute Gasteiger partial charge is 0.313 e. The lowest BCUT2D eigenvalue weighted by Gasteiger charge is -2.18. The summed E-state index contributed by atoms with van der Waals surface area (Å²) in [7, 11) is 0. The van der Waals surface area contributed by atoms with Crippen LogP contribution in [0.5, 0.6) is 0 Å². The van der Waals surface area contributed by atoms with Crippen LogP contribution in [0.3, 0.4) is 0 Å². The molecule has 0 aliphatic rings. The SMILES string of the molecule is CCCC(CC)NCC(C)c1ncc(C)s1. The minimum absolute atomic E-state index is 0.532. The zero-order valence-electron chi connectivity index (χ0n) is 10.9. The van der Waals surface area contributed by atoms with Gasteiger partial charge in [-0.15, -0.1) is 11.3 Å². The van der Waals surface area contributed by atoms with E-state index in [1.807, 2.05) is 17.5 Å². The summed E-state index contributed by atoms with van der Waals surface area (Å²) in [6.45, 7) is 9.92. The minimum Gasteiger partial charge on any atom is -0.313 e. The van der Waals surface area contributed by atoms with Crippen molar-refractivity contribution in [2.45, 2.75) is 58.9 Å². The Hall–Kier alpha value is -0.410. The summed E-state index contributed by atoms with van der Waals surface area (Å²) < 4.78 is 0. The van der Waals surface area contributed by atoms with Gasteiger partial charge < -0.3 is 5.32 Å². The lowest BCUT2D eigenvalue weighted by Crippen LogP contribution is -2.31. The fraction of sp³-hybridized carbons (Fsp3) is 0.769. The molecule has 1 aromatic rings. The van der Waals surface area contributed by atoms with Gasteiger partial charge in [-0.2, -0.15) is 0 Å². The minimum atomic E-state index is 0.532. The van der Waals surface area contributed by atoms with Gasteiger partial charge in [0.15, 0.2) is 0 Å². The normalized spacial score (nSPS) is 15.0. The van der Waals surface area contributed by atoms with E-state index in [2.05, 4.69) is 38.0 Å². The molecule has 1 heterocycles. The molecule has 2 unspecified atom stereocenters. The molecular formula is C13H24N2S. The third-order valence-electron chi connectivity index (χ3n) is 2.90. The lowest BCUT2D eigenvalue weighted by atomic mass is 10.1. The first-order valence-corrected chi connectivity index (χ1v) is 7.14. The monoisotopic (exact) mass is 240 g/mol. The number of nitrogens with one attached hydrogen (secondary N) is 1. The second-order valence-electron chi connectivity index (χ2n) is 4.51. The molecule has 0 amide bonds. The summed E-state index contributed by atoms with van der Waals surface area (Å²) in [5.41, 5.74) is 0. The molecule has 1 N–H and O–H groups in total. The first-order valence-electron chi connectivity index (χ1n) is 6.33. The van der Waals surface area contributed by atoms with Crippen LogP contribution in [0, 0.1) is 6.92 Å². The van der Waals surface area contributed by atoms with Crippen LogP contribution in [0.25, 0.3) is 0 Å². The number of thiazole rings is 1. The van der Waals surface area contributed by atoms with Crippen molar-refractivity contribution in [2.24, 2.45) is 0 Å². The highest BCUT2D eigenvalue weighted by atomic mass is 32.1. The van der Waals surface area contributed by atoms with Gasteiger partial charge >= 0.3 is 0 Å². The topological polar surface area (TPSA) is 24.9 Å². The van der Waals surface area contributed by atoms with Gasteiger partial charge in [0.1, 0.15) is 0 Å². The first kappa shape index (κ1) is 13.7. The quantitative estimate of drug-likeness (QED) is 0.785. The van der Waals surface area contributed by atoms with Crippen molar-refractivity contribution in [3.63, 3.8) is 0 Å². The van der Waals surface area contributed by atoms with Crippen LogP contribution in [-0.2, 0) is 0 Å². The predicted molar refractivity (Wildman–Crippen MR) is 72.3 cm³/mol. The first-order chi connectivity index (χ1) is 7.67. The molecular weight excluding hydrogens is 216 g/mol. The van der Waals surface area contributed by atoms with Gasteiger partial charge in [-0.25, -0.2) is 4.98 Å². The van der Waals surface area contributed by atoms with Gasteiger partial charge in [0, 0.05) is 29.6 Å². The molecule has 2 atom stereocenters. The van der Waals surface area contributed by atoms with Crippen molar-refractivity contribution < 1.29 is 0 Å². The number of hydrogen-bond acceptors (Lipinski definition) is 3. The van der Waals surface area contributed by atoms with Crippen LogP contribution in [0.2, 0.25) is 0 Å². The fourth-order valence-electron chi connectivity index (χ4n) is 1.83. The molecule has 0 radical (unpaired) electrons. The second-order valence-corrected chi connectivity index (χ2v) is 5.78. The zero-order valence-corrected chi connectivity index (χ0v) is 11.7. The number of aryl methyl sites for hydroxylation is 1. The van der Waals surface area contributed by atoms with E-state index in [1.165, 1.54) is 29.1 Å². The molecule has 0 spiro atoms. The van der Waals surface area contributed by atoms with Crippen LogP contribution in [0.4, 0.5) is 0 Å². The summed E-state index contributed by atoms with van der Waals surface area (Å²) in [4.78, 5) is 5.75. The van der Waals surface area contributed by atoms with E-state index in [9.17, 15) is 0 Å². The lowest BCUT2D eigenvalue weighted by molar-refractivity contribution is 0.448. The van der Waals surface area contributed by atoms with E-state index in [4.69, 9.17) is 0 Å². The zero-order chi connectivity index (χ0) is 12.0. The molecule has 0 bridgehead atoms. The Morgan fingerprint density at radius 3 is 2.69 bits per heavy atom. The highest BCUT2D eigenvalue weighted by Gasteiger charge is 2.11. The van der Waals surface area contributed by atoms with Crippen LogP contribution >= 0.6 is 11.3 Å². The molecule has 2 nitrogen and oxygen atoms in total. The van der Waals surface area contributed by atoms with Crippen LogP contribution < -0.4 is 5.32 Å². The number of hydrogen-bond donors (Lipinski definition) is 1. The van der Waals surface area contributed by atoms with Crippen molar-refractivity contribution in [1.82, 2.24) is 10.3 Å². The van der Waals surface area contributed by atoms with Crippen LogP contribution in [-0.4, -0.2) is 17.6 Å². The highest BCUT2D eigenvalue weighted by Crippen LogP contribution is 2.20. The Balaban J connectivity index is 2.36. The Morgan fingerprint density at radius 2 is 2.19 bits per heavy atom. The predicted octanol–water partition coefficient (Wildman–Crippen LogP) is 3.72. The summed E-state index contributed by atoms with van der Waals surface area (Å²) in [5, 5.41) is 4.91. The van der Waals surface area contributed by atoms with Gasteiger partial charge in [0.25, 0.3) is 0 Å². The van der Waals surface area contributed by atoms with Crippen LogP contribution in [0.15, 0.2) is 6.20 Å². The molecule has 16 heavy (non-hydrogen) atoms. The average Bonchev–Trinajstić information content (AvgIpc) is 2.70. The van der Waals surface area contributed by atoms with Crippen molar-refractivity contribution in [3.8, 4) is 0 Å². The molecule has 92 valence electrons. The van der Waals surface area contributed by atoms with Crippen LogP contribution in [0.1, 0.15) is 55.8 Å². The number of aromatic nitrogens is 1. The van der Waals surface area contributed by atoms with E-state index in [-0.39, 0.29) is 0 Å². The Kier molecular flexibility index (Phi) is 5.99. The molecule has 3 heteroatoms. The molecule has 0 aromatic carbocycles. The van der Waals surface area contributed by atoms with E-state index < -0.39 is 0 Å². The molecule has 0 aliphatic carbocycles. The number of nitrogens with zero attached hydrogens (tertiary/aromatic N) is 1. The fourth-order valence-corrected chi connectivity index (χ4v) is 2.65. The maximum atomic E-state index is 4.44. The standard InChI is InChI=1S/C13H24N2S/c1-5-7-12(6-2)14-8-10(3)13-15-9-11(4)16-13/h9-10,12,14H,5-8H2,1-4H3. The Morgan fingerprint density at radius 1 is 1.44 bits per heavy atom. The van der Waals surface area contributed by atoms with Crippen molar-refractivity contribution in [1.29, 1.82) is 0 Å². The second kappa shape index (κ2) is 7.02. The maximum Gasteiger partial charge on any atom is 0.0968 e. The third-order valence-corrected chi connectivity index (χ3v) is 4.05. The van der Waals surface area contributed by atoms with E-state index in [0.717, 1.165) is 6.54 Å². The van der Waals surface area contributed by atoms with Crippen molar-refractivity contribution >= 4 is 11.3 Å². The highest BCUT2D eigenvalue weighted by molar-refractivity contribution is 7.11. The summed E-state index contributed by atoms with van der Waals surface area (Å²) >= 11 is 1.82. The van der Waals surface area contributed by atoms with Crippen molar-refractivity contribution in [3.05, 3.63) is 16.1 Å². The summed E-state index contributed by atoms with van der Waals surface area (Å²) in [6, 6.07) is 0.675. The molecule has 0 fully saturated rings. The van der Waals surface area contributed by atoms with E-state index in [1.54, 1.807) is 0 Å². The van der Waals surface area contributed by atoms with Gasteiger partial charge in [-0.05, 0) is 19.8 Å². The molecule has 0 aliphatic heterocycles. The van der Waals surface area contributed by atoms with E-state index >= 15 is 0 Å². The molecule has 0 saturated heterocycles. The Labute approximate surface area is 103 Å². The van der Waals surface area contributed by atoms with E-state index in [0.29, 0.717) is 12.0 Å². The third kappa shape index (κ3) is 4.22. The Bertz CT molecular complexity index is 296. The molecule has 1 aromatic heterocycles.